The van der Waals surface area contributed by atoms with Crippen molar-refractivity contribution in [3.8, 4) is 5.75 Å². The topological polar surface area (TPSA) is 171 Å². The van der Waals surface area contributed by atoms with Gasteiger partial charge < -0.3 is 31.9 Å². The first-order valence-electron chi connectivity index (χ1n) is 11.7. The highest BCUT2D eigenvalue weighted by molar-refractivity contribution is 5.94. The summed E-state index contributed by atoms with van der Waals surface area (Å²) in [5.41, 5.74) is 7.08. The van der Waals surface area contributed by atoms with Crippen LogP contribution in [-0.2, 0) is 32.0 Å². The van der Waals surface area contributed by atoms with E-state index in [1.54, 1.807) is 50.2 Å². The maximum absolute atomic E-state index is 13.3. The molecule has 194 valence electrons. The third kappa shape index (κ3) is 8.70. The fraction of sp³-hybridized carbons (Fsp3) is 0.385. The van der Waals surface area contributed by atoms with E-state index in [2.05, 4.69) is 16.0 Å². The quantitative estimate of drug-likeness (QED) is 0.250. The van der Waals surface area contributed by atoms with Gasteiger partial charge in [0.2, 0.25) is 17.7 Å². The van der Waals surface area contributed by atoms with Crippen LogP contribution in [0.3, 0.4) is 0 Å². The summed E-state index contributed by atoms with van der Waals surface area (Å²) < 4.78 is 0. The maximum Gasteiger partial charge on any atom is 0.326 e. The van der Waals surface area contributed by atoms with Gasteiger partial charge in [-0.05, 0) is 36.1 Å². The third-order valence-electron chi connectivity index (χ3n) is 5.57. The number of carboxylic acids is 1. The van der Waals surface area contributed by atoms with E-state index in [0.29, 0.717) is 5.56 Å². The average Bonchev–Trinajstić information content (AvgIpc) is 2.82. The number of amides is 3. The molecule has 0 bridgehead atoms. The summed E-state index contributed by atoms with van der Waals surface area (Å²) in [5.74, 6) is -3.36. The van der Waals surface area contributed by atoms with Gasteiger partial charge in [-0.2, -0.15) is 0 Å². The van der Waals surface area contributed by atoms with Gasteiger partial charge in [-0.3, -0.25) is 14.4 Å². The molecule has 0 spiro atoms. The van der Waals surface area contributed by atoms with Crippen molar-refractivity contribution in [2.75, 3.05) is 0 Å². The molecule has 0 aliphatic rings. The van der Waals surface area contributed by atoms with Crippen LogP contribution in [0, 0.1) is 5.92 Å². The Morgan fingerprint density at radius 1 is 0.750 bits per heavy atom. The largest absolute Gasteiger partial charge is 0.508 e. The molecule has 10 nitrogen and oxygen atoms in total. The van der Waals surface area contributed by atoms with E-state index in [4.69, 9.17) is 5.73 Å². The molecule has 10 heteroatoms. The highest BCUT2D eigenvalue weighted by Gasteiger charge is 2.31. The van der Waals surface area contributed by atoms with Crippen LogP contribution in [0.5, 0.6) is 5.75 Å². The Balaban J connectivity index is 2.30. The van der Waals surface area contributed by atoms with Gasteiger partial charge in [0, 0.05) is 12.8 Å². The molecule has 4 unspecified atom stereocenters. The normalized spacial score (nSPS) is 14.2. The number of benzene rings is 2. The zero-order valence-corrected chi connectivity index (χ0v) is 20.6. The number of carboxylic acid groups (broad SMARTS) is 1. The molecule has 36 heavy (non-hydrogen) atoms. The summed E-state index contributed by atoms with van der Waals surface area (Å²) in [6.07, 6.45) is 0.185. The highest BCUT2D eigenvalue weighted by atomic mass is 16.4. The fourth-order valence-electron chi connectivity index (χ4n) is 3.48. The average molecular weight is 499 g/mol. The lowest BCUT2D eigenvalue weighted by atomic mass is 10.0. The molecule has 0 aromatic heterocycles. The number of hydrogen-bond acceptors (Lipinski definition) is 6. The Bertz CT molecular complexity index is 1040. The number of phenolic OH excluding ortho intramolecular Hbond substituents is 1. The summed E-state index contributed by atoms with van der Waals surface area (Å²) >= 11 is 0. The number of carbonyl (C=O) groups is 4. The van der Waals surface area contributed by atoms with Gasteiger partial charge in [-0.15, -0.1) is 0 Å². The molecule has 2 aromatic carbocycles. The molecule has 0 fully saturated rings. The minimum absolute atomic E-state index is 0.0529. The van der Waals surface area contributed by atoms with E-state index in [1.165, 1.54) is 19.1 Å². The number of rotatable bonds is 12. The lowest BCUT2D eigenvalue weighted by Crippen LogP contribution is -2.58. The first-order valence-corrected chi connectivity index (χ1v) is 11.7. The number of phenols is 1. The van der Waals surface area contributed by atoms with Gasteiger partial charge in [0.05, 0.1) is 6.04 Å². The molecule has 0 heterocycles. The molecule has 2 aromatic rings. The second-order valence-electron chi connectivity index (χ2n) is 9.04. The third-order valence-corrected chi connectivity index (χ3v) is 5.57. The molecule has 0 saturated carbocycles. The lowest BCUT2D eigenvalue weighted by Gasteiger charge is -2.26. The van der Waals surface area contributed by atoms with E-state index >= 15 is 0 Å². The van der Waals surface area contributed by atoms with Crippen LogP contribution in [0.1, 0.15) is 31.9 Å². The molecular formula is C26H34N4O6. The van der Waals surface area contributed by atoms with Crippen LogP contribution in [0.2, 0.25) is 0 Å². The Morgan fingerprint density at radius 3 is 1.69 bits per heavy atom. The maximum atomic E-state index is 13.3. The van der Waals surface area contributed by atoms with Gasteiger partial charge in [0.25, 0.3) is 0 Å². The second-order valence-corrected chi connectivity index (χ2v) is 9.04. The van der Waals surface area contributed by atoms with Crippen LogP contribution >= 0.6 is 0 Å². The summed E-state index contributed by atoms with van der Waals surface area (Å²) in [6.45, 7) is 4.82. The molecule has 0 aliphatic carbocycles. The Morgan fingerprint density at radius 2 is 1.22 bits per heavy atom. The van der Waals surface area contributed by atoms with Crippen molar-refractivity contribution in [3.05, 3.63) is 65.7 Å². The van der Waals surface area contributed by atoms with Crippen molar-refractivity contribution in [1.82, 2.24) is 16.0 Å². The molecule has 0 aliphatic heterocycles. The first-order chi connectivity index (χ1) is 17.0. The van der Waals surface area contributed by atoms with Crippen LogP contribution in [0.25, 0.3) is 0 Å². The predicted molar refractivity (Wildman–Crippen MR) is 134 cm³/mol. The Kier molecular flexibility index (Phi) is 10.4. The van der Waals surface area contributed by atoms with Crippen molar-refractivity contribution in [2.45, 2.75) is 57.8 Å². The molecule has 0 radical (unpaired) electrons. The zero-order chi connectivity index (χ0) is 26.8. The van der Waals surface area contributed by atoms with Gasteiger partial charge >= 0.3 is 5.97 Å². The number of aromatic hydroxyl groups is 1. The number of nitrogens with two attached hydrogens (primary N) is 1. The lowest BCUT2D eigenvalue weighted by molar-refractivity contribution is -0.143. The predicted octanol–water partition coefficient (Wildman–Crippen LogP) is 0.720. The molecule has 3 amide bonds. The first kappa shape index (κ1) is 28.3. The minimum Gasteiger partial charge on any atom is -0.508 e. The van der Waals surface area contributed by atoms with Crippen molar-refractivity contribution in [3.63, 3.8) is 0 Å². The summed E-state index contributed by atoms with van der Waals surface area (Å²) in [4.78, 5) is 50.4. The van der Waals surface area contributed by atoms with Crippen molar-refractivity contribution >= 4 is 23.7 Å². The number of hydrogen-bond donors (Lipinski definition) is 6. The van der Waals surface area contributed by atoms with Crippen molar-refractivity contribution < 1.29 is 29.4 Å². The second kappa shape index (κ2) is 13.2. The molecule has 2 rings (SSSR count). The summed E-state index contributed by atoms with van der Waals surface area (Å²) in [6, 6.07) is 10.9. The van der Waals surface area contributed by atoms with Crippen LogP contribution in [0.4, 0.5) is 0 Å². The van der Waals surface area contributed by atoms with E-state index in [-0.39, 0.29) is 24.5 Å². The van der Waals surface area contributed by atoms with E-state index in [0.717, 1.165) is 5.56 Å². The van der Waals surface area contributed by atoms with Crippen LogP contribution in [0.15, 0.2) is 54.6 Å². The monoisotopic (exact) mass is 498 g/mol. The molecule has 4 atom stereocenters. The van der Waals surface area contributed by atoms with Crippen molar-refractivity contribution in [2.24, 2.45) is 11.7 Å². The number of nitrogens with one attached hydrogen (secondary N) is 3. The highest BCUT2D eigenvalue weighted by Crippen LogP contribution is 2.12. The minimum atomic E-state index is -1.18. The molecule has 7 N–H and O–H groups in total. The number of aliphatic carboxylic acids is 1. The zero-order valence-electron chi connectivity index (χ0n) is 20.6. The van der Waals surface area contributed by atoms with E-state index < -0.39 is 47.9 Å². The van der Waals surface area contributed by atoms with Crippen LogP contribution < -0.4 is 21.7 Å². The molecule has 0 saturated heterocycles. The van der Waals surface area contributed by atoms with E-state index in [1.807, 2.05) is 6.07 Å². The fourth-order valence-corrected chi connectivity index (χ4v) is 3.48. The SMILES string of the molecule is CC(N)C(=O)NC(Cc1ccc(O)cc1)C(=O)NC(Cc1ccccc1)C(=O)NC(C(=O)O)C(C)C. The number of carbonyl (C=O) groups excluding carboxylic acids is 3. The Labute approximate surface area is 210 Å². The van der Waals surface area contributed by atoms with Gasteiger partial charge in [0.1, 0.15) is 23.9 Å². The Hall–Kier alpha value is -3.92. The van der Waals surface area contributed by atoms with Crippen LogP contribution in [-0.4, -0.2) is 58.1 Å². The van der Waals surface area contributed by atoms with Gasteiger partial charge in [-0.1, -0.05) is 56.3 Å². The van der Waals surface area contributed by atoms with Gasteiger partial charge in [0.15, 0.2) is 0 Å². The summed E-state index contributed by atoms with van der Waals surface area (Å²) in [5, 5.41) is 26.8. The summed E-state index contributed by atoms with van der Waals surface area (Å²) in [7, 11) is 0. The molecular weight excluding hydrogens is 464 g/mol. The smallest absolute Gasteiger partial charge is 0.326 e. The van der Waals surface area contributed by atoms with Gasteiger partial charge in [-0.25, -0.2) is 4.79 Å². The standard InChI is InChI=1S/C26H34N4O6/c1-15(2)22(26(35)36)30-25(34)21(13-17-7-5-4-6-8-17)29-24(33)20(28-23(32)16(3)27)14-18-9-11-19(31)12-10-18/h4-12,15-16,20-22,31H,13-14,27H2,1-3H3,(H,28,32)(H,29,33)(H,30,34)(H,35,36). The van der Waals surface area contributed by atoms with E-state index in [9.17, 15) is 29.4 Å². The van der Waals surface area contributed by atoms with Crippen molar-refractivity contribution in [1.29, 1.82) is 0 Å².